The first-order chi connectivity index (χ1) is 13.9. The molecule has 3 fully saturated rings. The van der Waals surface area contributed by atoms with Crippen LogP contribution in [0.4, 0.5) is 19.3 Å². The number of rotatable bonds is 4. The lowest BCUT2D eigenvalue weighted by Crippen LogP contribution is -2.31. The second-order valence-corrected chi connectivity index (χ2v) is 10.4. The molecule has 0 aromatic heterocycles. The molecule has 3 nitrogen and oxygen atoms in total. The number of alkyl halides is 3. The summed E-state index contributed by atoms with van der Waals surface area (Å²) >= 11 is 5.05. The Hall–Kier alpha value is -1.34. The van der Waals surface area contributed by atoms with Crippen LogP contribution in [0, 0.1) is 5.92 Å². The summed E-state index contributed by atoms with van der Waals surface area (Å²) in [7, 11) is 0. The van der Waals surface area contributed by atoms with E-state index in [1.807, 2.05) is 12.2 Å². The first-order valence-electron chi connectivity index (χ1n) is 10.2. The predicted molar refractivity (Wildman–Crippen MR) is 118 cm³/mol. The van der Waals surface area contributed by atoms with E-state index >= 15 is 0 Å². The van der Waals surface area contributed by atoms with Crippen LogP contribution in [-0.4, -0.2) is 45.8 Å². The van der Waals surface area contributed by atoms with E-state index in [-0.39, 0.29) is 28.3 Å². The summed E-state index contributed by atoms with van der Waals surface area (Å²) < 4.78 is 26.7. The maximum Gasteiger partial charge on any atom is 0.286 e. The molecule has 5 rings (SSSR count). The van der Waals surface area contributed by atoms with Crippen molar-refractivity contribution in [2.24, 2.45) is 5.92 Å². The Morgan fingerprint density at radius 3 is 2.66 bits per heavy atom. The molecular formula is C22H23BrF2N2OS. The van der Waals surface area contributed by atoms with Gasteiger partial charge in [-0.2, -0.15) is 0 Å². The van der Waals surface area contributed by atoms with Crippen molar-refractivity contribution >= 4 is 44.2 Å². The Labute approximate surface area is 182 Å². The third kappa shape index (κ3) is 3.65. The zero-order chi connectivity index (χ0) is 20.2. The van der Waals surface area contributed by atoms with Gasteiger partial charge in [-0.15, -0.1) is 0 Å². The normalized spacial score (nSPS) is 30.7. The molecule has 7 heteroatoms. The molecule has 2 unspecified atom stereocenters. The van der Waals surface area contributed by atoms with Gasteiger partial charge in [0, 0.05) is 43.4 Å². The average Bonchev–Trinajstić information content (AvgIpc) is 3.20. The van der Waals surface area contributed by atoms with Crippen molar-refractivity contribution in [2.75, 3.05) is 24.5 Å². The monoisotopic (exact) mass is 480 g/mol. The number of amides is 1. The number of allylic oxidation sites excluding steroid dienone is 3. The zero-order valence-electron chi connectivity index (χ0n) is 16.0. The molecule has 0 N–H and O–H groups in total. The van der Waals surface area contributed by atoms with Crippen LogP contribution < -0.4 is 4.90 Å². The lowest BCUT2D eigenvalue weighted by molar-refractivity contribution is 0.0940. The molecule has 1 amide bonds. The molecule has 0 spiro atoms. The molecule has 4 aliphatic rings. The van der Waals surface area contributed by atoms with E-state index in [4.69, 9.17) is 0 Å². The van der Waals surface area contributed by atoms with Gasteiger partial charge in [0.1, 0.15) is 0 Å². The van der Waals surface area contributed by atoms with Gasteiger partial charge in [0.2, 0.25) is 0 Å². The molecule has 2 saturated heterocycles. The van der Waals surface area contributed by atoms with Gasteiger partial charge >= 0.3 is 0 Å². The van der Waals surface area contributed by atoms with Crippen LogP contribution in [0.3, 0.4) is 0 Å². The van der Waals surface area contributed by atoms with Gasteiger partial charge in [-0.1, -0.05) is 45.9 Å². The van der Waals surface area contributed by atoms with Crippen LogP contribution in [-0.2, 0) is 0 Å². The van der Waals surface area contributed by atoms with Crippen LogP contribution in [0.1, 0.15) is 31.2 Å². The van der Waals surface area contributed by atoms with Gasteiger partial charge in [-0.05, 0) is 48.6 Å². The standard InChI is InChI=1S/C22H23BrF2N2OS/c23-19-17(14-5-4-6-16(11-14)26-9-2-1-3-10-26)7-8-18-20(19)29-21(28)27(18)13-15-12-22(15,24)25/h4-8,11,15,19-20H,1-3,9-10,12-13H2/t15?,19?,20-/m0/s1. The van der Waals surface area contributed by atoms with Crippen LogP contribution in [0.5, 0.6) is 0 Å². The third-order valence-electron chi connectivity index (χ3n) is 6.31. The Bertz CT molecular complexity index is 897. The number of hydrogen-bond donors (Lipinski definition) is 0. The van der Waals surface area contributed by atoms with Crippen molar-refractivity contribution in [1.29, 1.82) is 0 Å². The number of anilines is 1. The van der Waals surface area contributed by atoms with Crippen molar-refractivity contribution in [1.82, 2.24) is 4.90 Å². The lowest BCUT2D eigenvalue weighted by Gasteiger charge is -2.30. The van der Waals surface area contributed by atoms with Crippen molar-refractivity contribution in [3.63, 3.8) is 0 Å². The highest BCUT2D eigenvalue weighted by Gasteiger charge is 2.58. The summed E-state index contributed by atoms with van der Waals surface area (Å²) in [6.45, 7) is 2.31. The van der Waals surface area contributed by atoms with Crippen LogP contribution in [0.2, 0.25) is 0 Å². The number of thioether (sulfide) groups is 1. The third-order valence-corrected chi connectivity index (χ3v) is 8.87. The van der Waals surface area contributed by atoms with Gasteiger partial charge in [-0.25, -0.2) is 8.78 Å². The largest absolute Gasteiger partial charge is 0.372 e. The summed E-state index contributed by atoms with van der Waals surface area (Å²) in [6.07, 6.45) is 7.64. The highest BCUT2D eigenvalue weighted by molar-refractivity contribution is 9.10. The minimum Gasteiger partial charge on any atom is -0.372 e. The van der Waals surface area contributed by atoms with E-state index in [0.29, 0.717) is 0 Å². The molecular weight excluding hydrogens is 458 g/mol. The molecule has 2 aliphatic carbocycles. The smallest absolute Gasteiger partial charge is 0.286 e. The van der Waals surface area contributed by atoms with E-state index < -0.39 is 11.8 Å². The van der Waals surface area contributed by atoms with Gasteiger partial charge in [0.05, 0.1) is 10.1 Å². The molecule has 0 bridgehead atoms. The van der Waals surface area contributed by atoms with Crippen LogP contribution in [0.25, 0.3) is 5.57 Å². The summed E-state index contributed by atoms with van der Waals surface area (Å²) in [6, 6.07) is 8.59. The number of nitrogens with zero attached hydrogens (tertiary/aromatic N) is 2. The average molecular weight is 481 g/mol. The summed E-state index contributed by atoms with van der Waals surface area (Å²) in [5.41, 5.74) is 4.37. The number of halogens is 3. The minimum absolute atomic E-state index is 0.0298. The second-order valence-electron chi connectivity index (χ2n) is 8.29. The highest BCUT2D eigenvalue weighted by Crippen LogP contribution is 2.52. The molecule has 0 radical (unpaired) electrons. The summed E-state index contributed by atoms with van der Waals surface area (Å²) in [4.78, 5) is 16.5. The van der Waals surface area contributed by atoms with E-state index in [2.05, 4.69) is 45.1 Å². The van der Waals surface area contributed by atoms with E-state index in [1.165, 1.54) is 36.7 Å². The molecule has 1 aromatic carbocycles. The summed E-state index contributed by atoms with van der Waals surface area (Å²) in [5.74, 6) is -3.31. The van der Waals surface area contributed by atoms with E-state index in [0.717, 1.165) is 29.9 Å². The molecule has 1 saturated carbocycles. The quantitative estimate of drug-likeness (QED) is 0.500. The summed E-state index contributed by atoms with van der Waals surface area (Å²) in [5, 5.41) is -0.196. The second kappa shape index (κ2) is 7.41. The fourth-order valence-electron chi connectivity index (χ4n) is 4.47. The Balaban J connectivity index is 1.39. The maximum absolute atomic E-state index is 13.4. The number of benzene rings is 1. The van der Waals surface area contributed by atoms with E-state index in [1.54, 1.807) is 4.90 Å². The topological polar surface area (TPSA) is 23.6 Å². The minimum atomic E-state index is -2.61. The number of fused-ring (bicyclic) bond motifs is 1. The number of carbonyl (C=O) groups excluding carboxylic acids is 1. The van der Waals surface area contributed by atoms with Crippen molar-refractivity contribution < 1.29 is 13.6 Å². The van der Waals surface area contributed by atoms with Gasteiger partial charge in [0.25, 0.3) is 11.2 Å². The molecule has 154 valence electrons. The lowest BCUT2D eigenvalue weighted by atomic mass is 9.94. The van der Waals surface area contributed by atoms with Crippen LogP contribution in [0.15, 0.2) is 42.1 Å². The van der Waals surface area contributed by atoms with Crippen molar-refractivity contribution in [2.45, 2.75) is 41.7 Å². The number of carbonyl (C=O) groups is 1. The van der Waals surface area contributed by atoms with Crippen molar-refractivity contribution in [3.05, 3.63) is 47.7 Å². The first kappa shape index (κ1) is 19.6. The molecule has 3 atom stereocenters. The molecule has 29 heavy (non-hydrogen) atoms. The molecule has 2 aliphatic heterocycles. The first-order valence-corrected chi connectivity index (χ1v) is 12.0. The number of hydrogen-bond acceptors (Lipinski definition) is 3. The van der Waals surface area contributed by atoms with Crippen LogP contribution >= 0.6 is 27.7 Å². The van der Waals surface area contributed by atoms with Gasteiger partial charge in [0.15, 0.2) is 0 Å². The Morgan fingerprint density at radius 1 is 1.17 bits per heavy atom. The zero-order valence-corrected chi connectivity index (χ0v) is 18.4. The van der Waals surface area contributed by atoms with Gasteiger partial charge < -0.3 is 9.80 Å². The Morgan fingerprint density at radius 2 is 1.93 bits per heavy atom. The fraction of sp³-hybridized carbons (Fsp3) is 0.500. The SMILES string of the molecule is O=C1S[C@H]2C(=CC=C(c3cccc(N4CCCCC4)c3)C2Br)N1CC1CC1(F)F. The highest BCUT2D eigenvalue weighted by atomic mass is 79.9. The van der Waals surface area contributed by atoms with Gasteiger partial charge in [-0.3, -0.25) is 4.79 Å². The van der Waals surface area contributed by atoms with Crippen molar-refractivity contribution in [3.8, 4) is 0 Å². The fourth-order valence-corrected chi connectivity index (χ4v) is 6.60. The Kier molecular flexibility index (Phi) is 5.01. The molecule has 2 heterocycles. The van der Waals surface area contributed by atoms with E-state index in [9.17, 15) is 13.6 Å². The predicted octanol–water partition coefficient (Wildman–Crippen LogP) is 5.91. The molecule has 1 aromatic rings. The maximum atomic E-state index is 13.4. The number of piperidine rings is 1.